The Bertz CT molecular complexity index is 1510. The molecule has 1 saturated heterocycles. The fourth-order valence-corrected chi connectivity index (χ4v) is 7.63. The number of pyridine rings is 1. The molecule has 3 aromatic rings. The van der Waals surface area contributed by atoms with Crippen molar-refractivity contribution in [3.63, 3.8) is 0 Å². The highest BCUT2D eigenvalue weighted by Crippen LogP contribution is 2.49. The van der Waals surface area contributed by atoms with E-state index in [4.69, 9.17) is 9.47 Å². The molecule has 3 heterocycles. The van der Waals surface area contributed by atoms with E-state index in [-0.39, 0.29) is 36.9 Å². The third-order valence-electron chi connectivity index (χ3n) is 6.99. The van der Waals surface area contributed by atoms with E-state index >= 15 is 0 Å². The van der Waals surface area contributed by atoms with Crippen LogP contribution in [0.5, 0.6) is 5.88 Å². The van der Waals surface area contributed by atoms with Crippen LogP contribution in [0, 0.1) is 13.8 Å². The molecule has 4 rings (SSSR count). The number of rotatable bonds is 5. The number of methoxy groups -OCH3 is 1. The SMILES string of the molecule is COc1nc2nc(C)nc(N[C@H](C)c3cccc(C(F)(F)F)c3C)c2cc1P1(=O)CCN(C(=O)OC(C)(C)C)CC1. The molecule has 1 aliphatic rings. The molecule has 9 nitrogen and oxygen atoms in total. The van der Waals surface area contributed by atoms with Gasteiger partial charge in [-0.05, 0) is 64.8 Å². The van der Waals surface area contributed by atoms with Crippen LogP contribution < -0.4 is 15.4 Å². The van der Waals surface area contributed by atoms with Crippen molar-refractivity contribution in [1.82, 2.24) is 19.9 Å². The van der Waals surface area contributed by atoms with Gasteiger partial charge in [0.2, 0.25) is 5.88 Å². The van der Waals surface area contributed by atoms with Crippen molar-refractivity contribution in [3.8, 4) is 5.88 Å². The average Bonchev–Trinajstić information content (AvgIpc) is 2.86. The van der Waals surface area contributed by atoms with Crippen molar-refractivity contribution < 1.29 is 32.0 Å². The van der Waals surface area contributed by atoms with Gasteiger partial charge in [-0.1, -0.05) is 12.1 Å². The second-order valence-electron chi connectivity index (χ2n) is 11.2. The number of carbonyl (C=O) groups is 1. The van der Waals surface area contributed by atoms with Crippen molar-refractivity contribution in [2.24, 2.45) is 0 Å². The molecular formula is C28H35F3N5O4P. The highest BCUT2D eigenvalue weighted by atomic mass is 31.2. The number of halogens is 3. The van der Waals surface area contributed by atoms with E-state index in [9.17, 15) is 22.5 Å². The van der Waals surface area contributed by atoms with Crippen LogP contribution in [0.2, 0.25) is 0 Å². The summed E-state index contributed by atoms with van der Waals surface area (Å²) < 4.78 is 65.8. The van der Waals surface area contributed by atoms with Crippen molar-refractivity contribution in [1.29, 1.82) is 0 Å². The van der Waals surface area contributed by atoms with Crippen LogP contribution in [0.3, 0.4) is 0 Å². The second-order valence-corrected chi connectivity index (χ2v) is 14.3. The maximum atomic E-state index is 14.2. The van der Waals surface area contributed by atoms with Gasteiger partial charge in [-0.15, -0.1) is 0 Å². The number of hydrogen-bond acceptors (Lipinski definition) is 8. The van der Waals surface area contributed by atoms with Crippen molar-refractivity contribution in [3.05, 3.63) is 46.8 Å². The molecule has 0 unspecified atom stereocenters. The monoisotopic (exact) mass is 593 g/mol. The lowest BCUT2D eigenvalue weighted by Crippen LogP contribution is -2.43. The van der Waals surface area contributed by atoms with Crippen LogP contribution in [0.1, 0.15) is 56.3 Å². The van der Waals surface area contributed by atoms with Gasteiger partial charge in [0.15, 0.2) is 5.65 Å². The van der Waals surface area contributed by atoms with Gasteiger partial charge in [-0.3, -0.25) is 0 Å². The fourth-order valence-electron chi connectivity index (χ4n) is 4.94. The lowest BCUT2D eigenvalue weighted by molar-refractivity contribution is -0.138. The number of carbonyl (C=O) groups excluding carboxylic acids is 1. The third kappa shape index (κ3) is 6.58. The number of nitrogens with one attached hydrogen (secondary N) is 1. The molecule has 0 saturated carbocycles. The molecule has 0 aliphatic carbocycles. The van der Waals surface area contributed by atoms with Gasteiger partial charge < -0.3 is 24.3 Å². The largest absolute Gasteiger partial charge is 0.480 e. The molecule has 1 atom stereocenters. The summed E-state index contributed by atoms with van der Waals surface area (Å²) in [5.41, 5.74) is -0.455. The minimum atomic E-state index is -4.47. The number of alkyl halides is 3. The number of anilines is 1. The van der Waals surface area contributed by atoms with Gasteiger partial charge >= 0.3 is 12.3 Å². The van der Waals surface area contributed by atoms with Gasteiger partial charge in [-0.25, -0.2) is 14.8 Å². The van der Waals surface area contributed by atoms with Gasteiger partial charge in [0.1, 0.15) is 24.4 Å². The predicted octanol–water partition coefficient (Wildman–Crippen LogP) is 6.08. The smallest absolute Gasteiger partial charge is 0.416 e. The van der Waals surface area contributed by atoms with Crippen molar-refractivity contribution >= 4 is 35.4 Å². The summed E-state index contributed by atoms with van der Waals surface area (Å²) in [6.07, 6.45) is -4.50. The molecule has 2 aromatic heterocycles. The van der Waals surface area contributed by atoms with Crippen LogP contribution in [0.15, 0.2) is 24.3 Å². The molecule has 13 heteroatoms. The minimum absolute atomic E-state index is 0.122. The summed E-state index contributed by atoms with van der Waals surface area (Å²) in [6.45, 7) is 10.7. The molecule has 0 spiro atoms. The Morgan fingerprint density at radius 2 is 1.76 bits per heavy atom. The lowest BCUT2D eigenvalue weighted by atomic mass is 9.97. The highest BCUT2D eigenvalue weighted by Gasteiger charge is 2.37. The number of hydrogen-bond donors (Lipinski definition) is 1. The summed E-state index contributed by atoms with van der Waals surface area (Å²) in [5, 5.41) is 4.10. The maximum absolute atomic E-state index is 14.2. The fraction of sp³-hybridized carbons (Fsp3) is 0.500. The average molecular weight is 594 g/mol. The van der Waals surface area contributed by atoms with E-state index < -0.39 is 36.6 Å². The van der Waals surface area contributed by atoms with Crippen LogP contribution in [-0.4, -0.2) is 64.1 Å². The quantitative estimate of drug-likeness (QED) is 0.355. The molecular weight excluding hydrogens is 558 g/mol. The van der Waals surface area contributed by atoms with Crippen molar-refractivity contribution in [2.45, 2.75) is 59.4 Å². The molecule has 0 radical (unpaired) electrons. The highest BCUT2D eigenvalue weighted by molar-refractivity contribution is 7.71. The number of fused-ring (bicyclic) bond motifs is 1. The Kier molecular flexibility index (Phi) is 8.28. The van der Waals surface area contributed by atoms with Gasteiger partial charge in [0, 0.05) is 25.4 Å². The Morgan fingerprint density at radius 1 is 1.10 bits per heavy atom. The van der Waals surface area contributed by atoms with Crippen LogP contribution in [0.25, 0.3) is 11.0 Å². The van der Waals surface area contributed by atoms with Gasteiger partial charge in [-0.2, -0.15) is 18.2 Å². The van der Waals surface area contributed by atoms with E-state index in [0.29, 0.717) is 33.5 Å². The zero-order valence-corrected chi connectivity index (χ0v) is 25.1. The Hall–Kier alpha value is -3.40. The van der Waals surface area contributed by atoms with E-state index in [1.807, 2.05) is 0 Å². The minimum Gasteiger partial charge on any atom is -0.480 e. The first kappa shape index (κ1) is 30.6. The number of amides is 1. The normalized spacial score (nSPS) is 16.4. The van der Waals surface area contributed by atoms with Crippen LogP contribution in [-0.2, 0) is 15.5 Å². The number of nitrogens with zero attached hydrogens (tertiary/aromatic N) is 4. The topological polar surface area (TPSA) is 107 Å². The summed E-state index contributed by atoms with van der Waals surface area (Å²) in [7, 11) is -1.62. The summed E-state index contributed by atoms with van der Waals surface area (Å²) in [5.74, 6) is 0.928. The van der Waals surface area contributed by atoms with E-state index in [1.54, 1.807) is 51.7 Å². The molecule has 222 valence electrons. The molecule has 1 aromatic carbocycles. The zero-order valence-electron chi connectivity index (χ0n) is 24.2. The first-order valence-electron chi connectivity index (χ1n) is 13.3. The summed E-state index contributed by atoms with van der Waals surface area (Å²) >= 11 is 0. The van der Waals surface area contributed by atoms with Crippen LogP contribution >= 0.6 is 7.14 Å². The van der Waals surface area contributed by atoms with Crippen LogP contribution in [0.4, 0.5) is 23.8 Å². The van der Waals surface area contributed by atoms with Gasteiger partial charge in [0.05, 0.1) is 29.4 Å². The number of aryl methyl sites for hydroxylation is 1. The number of benzene rings is 1. The third-order valence-corrected chi connectivity index (χ3v) is 10.0. The standard InChI is InChI=1S/C28H35F3N5O4P/c1-16-19(9-8-10-21(16)28(29,30)31)17(2)32-23-20-15-22(25(39-7)35-24(20)34-18(3)33-23)41(38)13-11-36(12-14-41)26(37)40-27(4,5)6/h8-10,15,17H,11-14H2,1-7H3,(H,32,33,34,35)/t17-/m1/s1. The molecule has 1 aliphatic heterocycles. The molecule has 1 fully saturated rings. The lowest BCUT2D eigenvalue weighted by Gasteiger charge is -2.34. The molecule has 41 heavy (non-hydrogen) atoms. The summed E-state index contributed by atoms with van der Waals surface area (Å²) in [4.78, 5) is 27.6. The van der Waals surface area contributed by atoms with E-state index in [2.05, 4.69) is 20.3 Å². The van der Waals surface area contributed by atoms with Gasteiger partial charge in [0.25, 0.3) is 0 Å². The number of aromatic nitrogens is 3. The first-order chi connectivity index (χ1) is 19.0. The first-order valence-corrected chi connectivity index (χ1v) is 15.3. The number of ether oxygens (including phenoxy) is 2. The second kappa shape index (κ2) is 11.1. The Labute approximate surface area is 237 Å². The predicted molar refractivity (Wildman–Crippen MR) is 152 cm³/mol. The zero-order chi connectivity index (χ0) is 30.3. The van der Waals surface area contributed by atoms with E-state index in [1.165, 1.54) is 20.1 Å². The van der Waals surface area contributed by atoms with E-state index in [0.717, 1.165) is 6.07 Å². The Balaban J connectivity index is 1.69. The molecule has 0 bridgehead atoms. The molecule has 1 N–H and O–H groups in total. The Morgan fingerprint density at radius 3 is 2.34 bits per heavy atom. The van der Waals surface area contributed by atoms with Crippen molar-refractivity contribution in [2.75, 3.05) is 37.8 Å². The summed E-state index contributed by atoms with van der Waals surface area (Å²) in [6, 6.07) is 5.23. The molecule has 1 amide bonds. The maximum Gasteiger partial charge on any atom is 0.416 e.